The van der Waals surface area contributed by atoms with Crippen LogP contribution in [0.4, 0.5) is 0 Å². The molecule has 0 bridgehead atoms. The fourth-order valence-corrected chi connectivity index (χ4v) is 5.77. The number of H-pyrrole nitrogens is 2. The lowest BCUT2D eigenvalue weighted by Crippen LogP contribution is -2.51. The van der Waals surface area contributed by atoms with E-state index in [-0.39, 0.29) is 18.4 Å². The summed E-state index contributed by atoms with van der Waals surface area (Å²) in [6.45, 7) is 2.98. The largest absolute Gasteiger partial charge is 0.340 e. The number of piperazine rings is 1. The molecule has 4 aromatic carbocycles. The molecule has 1 aliphatic rings. The van der Waals surface area contributed by atoms with Crippen molar-refractivity contribution < 1.29 is 4.79 Å². The quantitative estimate of drug-likeness (QED) is 0.290. The number of benzene rings is 4. The van der Waals surface area contributed by atoms with Crippen LogP contribution in [0.2, 0.25) is 0 Å². The van der Waals surface area contributed by atoms with E-state index in [1.807, 2.05) is 41.4 Å². The molecule has 1 atom stereocenters. The van der Waals surface area contributed by atoms with E-state index in [2.05, 4.69) is 86.8 Å². The molecular weight excluding hydrogens is 496 g/mol. The van der Waals surface area contributed by atoms with Crippen molar-refractivity contribution in [2.75, 3.05) is 19.6 Å². The SMILES string of the molecule is O=C(Cc1[nH]nc2ccccc12)N1CCN(Cc2ccccc2)CC1c1ncc(-c2ccc3ccccc3c2)[nH]1. The fourth-order valence-electron chi connectivity index (χ4n) is 5.77. The summed E-state index contributed by atoms with van der Waals surface area (Å²) in [5.74, 6) is 0.881. The van der Waals surface area contributed by atoms with E-state index in [1.165, 1.54) is 16.3 Å². The molecule has 1 fully saturated rings. The van der Waals surface area contributed by atoms with Crippen molar-refractivity contribution in [1.82, 2.24) is 30.0 Å². The molecule has 0 saturated carbocycles. The van der Waals surface area contributed by atoms with E-state index in [0.717, 1.165) is 46.8 Å². The maximum absolute atomic E-state index is 13.8. The zero-order chi connectivity index (χ0) is 26.9. The molecular formula is C33H30N6O. The molecule has 0 aliphatic carbocycles. The minimum atomic E-state index is -0.187. The molecule has 3 heterocycles. The minimum absolute atomic E-state index is 0.0717. The first-order valence-corrected chi connectivity index (χ1v) is 13.7. The van der Waals surface area contributed by atoms with E-state index < -0.39 is 0 Å². The zero-order valence-corrected chi connectivity index (χ0v) is 22.1. The fraction of sp³-hybridized carbons (Fsp3) is 0.182. The molecule has 198 valence electrons. The number of fused-ring (bicyclic) bond motifs is 2. The van der Waals surface area contributed by atoms with Gasteiger partial charge in [-0.25, -0.2) is 4.98 Å². The lowest BCUT2D eigenvalue weighted by molar-refractivity contribution is -0.136. The highest BCUT2D eigenvalue weighted by Gasteiger charge is 2.34. The van der Waals surface area contributed by atoms with Gasteiger partial charge in [-0.15, -0.1) is 0 Å². The molecule has 1 aliphatic heterocycles. The second kappa shape index (κ2) is 10.4. The number of hydrogen-bond acceptors (Lipinski definition) is 4. The van der Waals surface area contributed by atoms with Crippen molar-refractivity contribution in [3.63, 3.8) is 0 Å². The first kappa shape index (κ1) is 24.3. The van der Waals surface area contributed by atoms with Crippen LogP contribution in [0, 0.1) is 0 Å². The molecule has 6 aromatic rings. The highest BCUT2D eigenvalue weighted by atomic mass is 16.2. The van der Waals surface area contributed by atoms with Gasteiger partial charge in [0.05, 0.1) is 29.5 Å². The predicted octanol–water partition coefficient (Wildman–Crippen LogP) is 5.73. The Labute approximate surface area is 232 Å². The summed E-state index contributed by atoms with van der Waals surface area (Å²) >= 11 is 0. The predicted molar refractivity (Wildman–Crippen MR) is 158 cm³/mol. The summed E-state index contributed by atoms with van der Waals surface area (Å²) in [5.41, 5.74) is 5.02. The Balaban J connectivity index is 1.18. The number of para-hydroxylation sites is 1. The van der Waals surface area contributed by atoms with Gasteiger partial charge in [0.1, 0.15) is 11.9 Å². The van der Waals surface area contributed by atoms with Gasteiger partial charge in [0.15, 0.2) is 0 Å². The van der Waals surface area contributed by atoms with E-state index in [4.69, 9.17) is 4.98 Å². The standard InChI is InChI=1S/C33H30N6O/c40-32(19-29-27-12-6-7-13-28(27)36-37-29)39-17-16-38(21-23-8-2-1-3-9-23)22-31(39)33-34-20-30(35-33)26-15-14-24-10-4-5-11-25(24)18-26/h1-15,18,20,31H,16-17,19,21-22H2,(H,34,35)(H,36,37). The Kier molecular flexibility index (Phi) is 6.34. The molecule has 7 rings (SSSR count). The number of imidazole rings is 1. The number of aromatic nitrogens is 4. The van der Waals surface area contributed by atoms with Gasteiger partial charge in [0, 0.05) is 37.1 Å². The smallest absolute Gasteiger partial charge is 0.229 e. The van der Waals surface area contributed by atoms with Crippen LogP contribution in [-0.4, -0.2) is 55.5 Å². The van der Waals surface area contributed by atoms with Gasteiger partial charge < -0.3 is 9.88 Å². The number of carbonyl (C=O) groups is 1. The molecule has 1 saturated heterocycles. The number of amides is 1. The average molecular weight is 527 g/mol. The Morgan fingerprint density at radius 3 is 2.58 bits per heavy atom. The molecule has 7 nitrogen and oxygen atoms in total. The molecule has 2 N–H and O–H groups in total. The highest BCUT2D eigenvalue weighted by molar-refractivity contribution is 5.88. The Hall–Kier alpha value is -4.75. The van der Waals surface area contributed by atoms with Crippen LogP contribution < -0.4 is 0 Å². The van der Waals surface area contributed by atoms with E-state index in [1.54, 1.807) is 0 Å². The van der Waals surface area contributed by atoms with Crippen LogP contribution in [0.25, 0.3) is 32.9 Å². The summed E-state index contributed by atoms with van der Waals surface area (Å²) < 4.78 is 0. The van der Waals surface area contributed by atoms with Gasteiger partial charge in [-0.05, 0) is 28.5 Å². The van der Waals surface area contributed by atoms with E-state index in [9.17, 15) is 4.79 Å². The monoisotopic (exact) mass is 526 g/mol. The number of carbonyl (C=O) groups excluding carboxylic acids is 1. The topological polar surface area (TPSA) is 80.9 Å². The van der Waals surface area contributed by atoms with Crippen LogP contribution in [0.15, 0.2) is 103 Å². The van der Waals surface area contributed by atoms with Gasteiger partial charge in [0.2, 0.25) is 5.91 Å². The molecule has 2 aromatic heterocycles. The van der Waals surface area contributed by atoms with E-state index >= 15 is 0 Å². The second-order valence-corrected chi connectivity index (χ2v) is 10.5. The first-order chi connectivity index (χ1) is 19.7. The third-order valence-corrected chi connectivity index (χ3v) is 7.87. The van der Waals surface area contributed by atoms with Crippen molar-refractivity contribution in [3.05, 3.63) is 120 Å². The Morgan fingerprint density at radius 2 is 1.68 bits per heavy atom. The minimum Gasteiger partial charge on any atom is -0.340 e. The van der Waals surface area contributed by atoms with Gasteiger partial charge in [0.25, 0.3) is 0 Å². The zero-order valence-electron chi connectivity index (χ0n) is 22.1. The van der Waals surface area contributed by atoms with Crippen molar-refractivity contribution in [1.29, 1.82) is 0 Å². The van der Waals surface area contributed by atoms with Gasteiger partial charge in [-0.2, -0.15) is 5.10 Å². The molecule has 1 unspecified atom stereocenters. The van der Waals surface area contributed by atoms with Crippen molar-refractivity contribution >= 4 is 27.6 Å². The number of rotatable bonds is 6. The van der Waals surface area contributed by atoms with Crippen LogP contribution in [0.5, 0.6) is 0 Å². The molecule has 1 amide bonds. The first-order valence-electron chi connectivity index (χ1n) is 13.7. The maximum Gasteiger partial charge on any atom is 0.229 e. The van der Waals surface area contributed by atoms with Crippen molar-refractivity contribution in [2.24, 2.45) is 0 Å². The number of aromatic amines is 2. The number of nitrogens with zero attached hydrogens (tertiary/aromatic N) is 4. The van der Waals surface area contributed by atoms with Crippen molar-refractivity contribution in [2.45, 2.75) is 19.0 Å². The average Bonchev–Trinajstić information content (AvgIpc) is 3.65. The van der Waals surface area contributed by atoms with E-state index in [0.29, 0.717) is 13.1 Å². The van der Waals surface area contributed by atoms with Gasteiger partial charge >= 0.3 is 0 Å². The highest BCUT2D eigenvalue weighted by Crippen LogP contribution is 2.29. The Morgan fingerprint density at radius 1 is 0.875 bits per heavy atom. The normalized spacial score (nSPS) is 16.1. The third-order valence-electron chi connectivity index (χ3n) is 7.87. The molecule has 0 spiro atoms. The van der Waals surface area contributed by atoms with Crippen LogP contribution >= 0.6 is 0 Å². The summed E-state index contributed by atoms with van der Waals surface area (Å²) in [5, 5.41) is 10.9. The summed E-state index contributed by atoms with van der Waals surface area (Å²) in [6.07, 6.45) is 2.16. The maximum atomic E-state index is 13.8. The molecule has 40 heavy (non-hydrogen) atoms. The second-order valence-electron chi connectivity index (χ2n) is 10.5. The molecule has 7 heteroatoms. The lowest BCUT2D eigenvalue weighted by atomic mass is 10.1. The summed E-state index contributed by atoms with van der Waals surface area (Å²) in [6, 6.07) is 33.0. The van der Waals surface area contributed by atoms with Crippen LogP contribution in [0.3, 0.4) is 0 Å². The van der Waals surface area contributed by atoms with Gasteiger partial charge in [-0.1, -0.05) is 84.9 Å². The number of nitrogens with one attached hydrogen (secondary N) is 2. The number of hydrogen-bond donors (Lipinski definition) is 2. The lowest BCUT2D eigenvalue weighted by Gasteiger charge is -2.40. The molecule has 0 radical (unpaired) electrons. The van der Waals surface area contributed by atoms with Gasteiger partial charge in [-0.3, -0.25) is 14.8 Å². The van der Waals surface area contributed by atoms with Crippen molar-refractivity contribution in [3.8, 4) is 11.3 Å². The summed E-state index contributed by atoms with van der Waals surface area (Å²) in [4.78, 5) is 26.6. The van der Waals surface area contributed by atoms with Crippen LogP contribution in [-0.2, 0) is 17.8 Å². The summed E-state index contributed by atoms with van der Waals surface area (Å²) in [7, 11) is 0. The Bertz CT molecular complexity index is 1790. The van der Waals surface area contributed by atoms with Crippen LogP contribution in [0.1, 0.15) is 23.1 Å². The third kappa shape index (κ3) is 4.76.